The van der Waals surface area contributed by atoms with E-state index in [2.05, 4.69) is 15.5 Å². The standard InChI is InChI=1S/C2HIN3/c3-2-4-1-5-6-2/h1H. The molecule has 0 aromatic heterocycles. The van der Waals surface area contributed by atoms with Gasteiger partial charge in [0, 0.05) is 22.6 Å². The van der Waals surface area contributed by atoms with E-state index in [0.29, 0.717) is 3.84 Å². The van der Waals surface area contributed by atoms with Crippen LogP contribution in [0.25, 0.3) is 0 Å². The number of halogens is 1. The van der Waals surface area contributed by atoms with Gasteiger partial charge in [0.1, 0.15) is 6.34 Å². The summed E-state index contributed by atoms with van der Waals surface area (Å²) in [5.74, 6) is 0. The molecule has 0 saturated carbocycles. The minimum atomic E-state index is 0.701. The molecule has 0 aliphatic carbocycles. The van der Waals surface area contributed by atoms with Gasteiger partial charge in [0.15, 0.2) is 0 Å². The Hall–Kier alpha value is -0.130. The van der Waals surface area contributed by atoms with Crippen molar-refractivity contribution < 1.29 is 0 Å². The van der Waals surface area contributed by atoms with E-state index < -0.39 is 0 Å². The number of aliphatic imine (C=N–C) groups is 1. The number of amidine groups is 1. The molecule has 31 valence electrons. The van der Waals surface area contributed by atoms with Crippen LogP contribution >= 0.6 is 22.6 Å². The third-order valence-electron chi connectivity index (χ3n) is 0.356. The van der Waals surface area contributed by atoms with E-state index >= 15 is 0 Å². The fraction of sp³-hybridized carbons (Fsp3) is 0. The molecule has 0 N–H and O–H groups in total. The van der Waals surface area contributed by atoms with Gasteiger partial charge in [0.05, 0.1) is 0 Å². The molecule has 1 aliphatic rings. The Morgan fingerprint density at radius 1 is 1.67 bits per heavy atom. The number of hydrogen-bond donors (Lipinski definition) is 0. The molecule has 0 fully saturated rings. The average Bonchev–Trinajstić information content (AvgIpc) is 1.86. The fourth-order valence-electron chi connectivity index (χ4n) is 0.173. The second-order valence-electron chi connectivity index (χ2n) is 0.729. The lowest BCUT2D eigenvalue weighted by atomic mass is 11.3. The van der Waals surface area contributed by atoms with Gasteiger partial charge in [-0.2, -0.15) is 0 Å². The van der Waals surface area contributed by atoms with Crippen LogP contribution in [-0.4, -0.2) is 10.2 Å². The summed E-state index contributed by atoms with van der Waals surface area (Å²) >= 11 is 1.99. The van der Waals surface area contributed by atoms with Gasteiger partial charge in [-0.1, -0.05) is 0 Å². The zero-order chi connectivity index (χ0) is 4.41. The van der Waals surface area contributed by atoms with Crippen LogP contribution in [0.3, 0.4) is 0 Å². The molecular weight excluding hydrogens is 193 g/mol. The SMILES string of the molecule is IC1=NC=N[N]1. The summed E-state index contributed by atoms with van der Waals surface area (Å²) in [6.07, 6.45) is 1.42. The minimum Gasteiger partial charge on any atom is -0.208 e. The summed E-state index contributed by atoms with van der Waals surface area (Å²) in [7, 11) is 0. The predicted molar refractivity (Wildman–Crippen MR) is 32.1 cm³/mol. The van der Waals surface area contributed by atoms with Crippen LogP contribution in [0.2, 0.25) is 0 Å². The van der Waals surface area contributed by atoms with Crippen molar-refractivity contribution >= 4 is 32.8 Å². The van der Waals surface area contributed by atoms with Crippen molar-refractivity contribution in [1.29, 1.82) is 0 Å². The molecule has 6 heavy (non-hydrogen) atoms. The quantitative estimate of drug-likeness (QED) is 0.394. The molecule has 0 atom stereocenters. The number of nitrogens with zero attached hydrogens (tertiary/aromatic N) is 3. The Labute approximate surface area is 48.7 Å². The summed E-state index contributed by atoms with van der Waals surface area (Å²) in [5.41, 5.74) is 3.54. The van der Waals surface area contributed by atoms with Gasteiger partial charge >= 0.3 is 0 Å². The molecule has 0 saturated heterocycles. The third-order valence-corrected chi connectivity index (χ3v) is 0.850. The van der Waals surface area contributed by atoms with Crippen LogP contribution in [0.4, 0.5) is 0 Å². The van der Waals surface area contributed by atoms with Crippen LogP contribution < -0.4 is 5.43 Å². The predicted octanol–water partition coefficient (Wildman–Crippen LogP) is 0.339. The number of rotatable bonds is 0. The largest absolute Gasteiger partial charge is 0.213 e. The fourth-order valence-corrected chi connectivity index (χ4v) is 0.422. The molecule has 1 rings (SSSR count). The van der Waals surface area contributed by atoms with E-state index in [-0.39, 0.29) is 0 Å². The number of hydrogen-bond acceptors (Lipinski definition) is 2. The van der Waals surface area contributed by atoms with Gasteiger partial charge in [-0.05, 0) is 0 Å². The van der Waals surface area contributed by atoms with Crippen LogP contribution in [0, 0.1) is 0 Å². The van der Waals surface area contributed by atoms with Gasteiger partial charge in [0.2, 0.25) is 3.84 Å². The Balaban J connectivity index is 2.61. The average molecular weight is 194 g/mol. The Morgan fingerprint density at radius 3 is 2.67 bits per heavy atom. The second kappa shape index (κ2) is 1.55. The van der Waals surface area contributed by atoms with Gasteiger partial charge in [-0.15, -0.1) is 10.5 Å². The van der Waals surface area contributed by atoms with E-state index in [9.17, 15) is 0 Å². The van der Waals surface area contributed by atoms with Crippen LogP contribution in [0.5, 0.6) is 0 Å². The maximum Gasteiger partial charge on any atom is 0.213 e. The molecule has 0 bridgehead atoms. The first-order valence-electron chi connectivity index (χ1n) is 1.35. The molecule has 1 radical (unpaired) electrons. The minimum absolute atomic E-state index is 0.701. The molecule has 1 heterocycles. The highest BCUT2D eigenvalue weighted by atomic mass is 127. The van der Waals surface area contributed by atoms with Crippen molar-refractivity contribution in [3.05, 3.63) is 0 Å². The van der Waals surface area contributed by atoms with E-state index in [0.717, 1.165) is 0 Å². The normalized spacial score (nSPS) is 17.2. The lowest BCUT2D eigenvalue weighted by molar-refractivity contribution is 1.07. The first-order valence-corrected chi connectivity index (χ1v) is 2.43. The lowest BCUT2D eigenvalue weighted by Gasteiger charge is -1.72. The maximum atomic E-state index is 3.68. The molecule has 0 amide bonds. The summed E-state index contributed by atoms with van der Waals surface area (Å²) in [6.45, 7) is 0. The Bertz CT molecular complexity index is 105. The molecule has 0 aromatic carbocycles. The summed E-state index contributed by atoms with van der Waals surface area (Å²) in [5, 5.41) is 3.45. The second-order valence-corrected chi connectivity index (χ2v) is 1.69. The molecule has 4 heteroatoms. The summed E-state index contributed by atoms with van der Waals surface area (Å²) < 4.78 is 0.701. The van der Waals surface area contributed by atoms with Crippen molar-refractivity contribution in [3.63, 3.8) is 0 Å². The maximum absolute atomic E-state index is 3.68. The highest BCUT2D eigenvalue weighted by Gasteiger charge is 1.92. The van der Waals surface area contributed by atoms with Crippen molar-refractivity contribution in [2.75, 3.05) is 0 Å². The molecular formula is C2HIN3. The summed E-state index contributed by atoms with van der Waals surface area (Å²) in [4.78, 5) is 3.68. The van der Waals surface area contributed by atoms with E-state index in [1.54, 1.807) is 0 Å². The molecule has 0 unspecified atom stereocenters. The smallest absolute Gasteiger partial charge is 0.208 e. The molecule has 1 aliphatic heterocycles. The van der Waals surface area contributed by atoms with Gasteiger partial charge in [-0.3, -0.25) is 0 Å². The summed E-state index contributed by atoms with van der Waals surface area (Å²) in [6, 6.07) is 0. The highest BCUT2D eigenvalue weighted by Crippen LogP contribution is 1.90. The Kier molecular flexibility index (Phi) is 1.04. The van der Waals surface area contributed by atoms with Gasteiger partial charge in [0.25, 0.3) is 0 Å². The van der Waals surface area contributed by atoms with Crippen LogP contribution in [0.1, 0.15) is 0 Å². The van der Waals surface area contributed by atoms with Gasteiger partial charge < -0.3 is 0 Å². The van der Waals surface area contributed by atoms with Crippen molar-refractivity contribution in [3.8, 4) is 0 Å². The van der Waals surface area contributed by atoms with Crippen LogP contribution in [0.15, 0.2) is 10.1 Å². The van der Waals surface area contributed by atoms with Crippen LogP contribution in [-0.2, 0) is 0 Å². The van der Waals surface area contributed by atoms with E-state index in [4.69, 9.17) is 0 Å². The zero-order valence-corrected chi connectivity index (χ0v) is 4.95. The van der Waals surface area contributed by atoms with E-state index in [1.807, 2.05) is 22.6 Å². The van der Waals surface area contributed by atoms with E-state index in [1.165, 1.54) is 6.34 Å². The Morgan fingerprint density at radius 2 is 2.50 bits per heavy atom. The van der Waals surface area contributed by atoms with Gasteiger partial charge in [-0.25, -0.2) is 4.99 Å². The molecule has 3 nitrogen and oxygen atoms in total. The zero-order valence-electron chi connectivity index (χ0n) is 2.80. The molecule has 0 aromatic rings. The highest BCUT2D eigenvalue weighted by molar-refractivity contribution is 14.1. The van der Waals surface area contributed by atoms with Crippen molar-refractivity contribution in [1.82, 2.24) is 5.43 Å². The lowest BCUT2D eigenvalue weighted by Crippen LogP contribution is -1.92. The first-order chi connectivity index (χ1) is 2.89. The third kappa shape index (κ3) is 0.675. The molecule has 0 spiro atoms. The first kappa shape index (κ1) is 4.04. The van der Waals surface area contributed by atoms with Crippen molar-refractivity contribution in [2.24, 2.45) is 10.1 Å². The topological polar surface area (TPSA) is 38.8 Å². The van der Waals surface area contributed by atoms with Crippen molar-refractivity contribution in [2.45, 2.75) is 0 Å². The monoisotopic (exact) mass is 194 g/mol.